The van der Waals surface area contributed by atoms with Gasteiger partial charge in [0.05, 0.1) is 25.7 Å². The summed E-state index contributed by atoms with van der Waals surface area (Å²) >= 11 is 1.85. The minimum atomic E-state index is 0.759. The summed E-state index contributed by atoms with van der Waals surface area (Å²) in [5.74, 6) is 2.59. The summed E-state index contributed by atoms with van der Waals surface area (Å²) in [6.45, 7) is 6.89. The van der Waals surface area contributed by atoms with E-state index in [4.69, 9.17) is 19.5 Å². The number of ether oxygens (including phenoxy) is 1. The standard InChI is InChI=1S/C18H26N4O2S/c1-12-4-5-13-14(10-12)25-18-16(13)17(21(2)23-3)19-15(20-18)11-22-6-8-24-9-7-22/h12H,4-11H2,1-3H3/p+1/t12-/m1/s1. The first-order valence-corrected chi connectivity index (χ1v) is 9.97. The van der Waals surface area contributed by atoms with Crippen molar-refractivity contribution < 1.29 is 14.5 Å². The molecule has 2 aromatic heterocycles. The summed E-state index contributed by atoms with van der Waals surface area (Å²) in [7, 11) is 3.63. The summed E-state index contributed by atoms with van der Waals surface area (Å²) in [5.41, 5.74) is 1.45. The third-order valence-electron chi connectivity index (χ3n) is 5.36. The van der Waals surface area contributed by atoms with Gasteiger partial charge in [-0.1, -0.05) is 6.92 Å². The number of thiophene rings is 1. The van der Waals surface area contributed by atoms with Crippen LogP contribution < -0.4 is 9.96 Å². The number of hydrogen-bond donors (Lipinski definition) is 1. The first kappa shape index (κ1) is 17.1. The van der Waals surface area contributed by atoms with E-state index in [1.165, 1.54) is 27.1 Å². The van der Waals surface area contributed by atoms with Gasteiger partial charge >= 0.3 is 0 Å². The van der Waals surface area contributed by atoms with E-state index in [0.29, 0.717) is 0 Å². The molecule has 1 N–H and O–H groups in total. The molecule has 25 heavy (non-hydrogen) atoms. The van der Waals surface area contributed by atoms with E-state index in [9.17, 15) is 0 Å². The Morgan fingerprint density at radius 2 is 2.12 bits per heavy atom. The molecule has 6 nitrogen and oxygen atoms in total. The van der Waals surface area contributed by atoms with E-state index < -0.39 is 0 Å². The molecule has 136 valence electrons. The second-order valence-corrected chi connectivity index (χ2v) is 8.30. The van der Waals surface area contributed by atoms with Gasteiger partial charge in [0.15, 0.2) is 11.6 Å². The lowest BCUT2D eigenvalue weighted by molar-refractivity contribution is -0.922. The molecular weight excluding hydrogens is 336 g/mol. The molecule has 0 radical (unpaired) electrons. The number of rotatable bonds is 4. The van der Waals surface area contributed by atoms with Crippen molar-refractivity contribution >= 4 is 27.4 Å². The smallest absolute Gasteiger partial charge is 0.187 e. The predicted octanol–water partition coefficient (Wildman–Crippen LogP) is 1.23. The van der Waals surface area contributed by atoms with Gasteiger partial charge in [-0.3, -0.25) is 4.84 Å². The van der Waals surface area contributed by atoms with Crippen LogP contribution in [0.2, 0.25) is 0 Å². The van der Waals surface area contributed by atoms with Gasteiger partial charge in [-0.05, 0) is 30.7 Å². The maximum Gasteiger partial charge on any atom is 0.187 e. The number of aromatic nitrogens is 2. The molecule has 1 saturated heterocycles. The van der Waals surface area contributed by atoms with Gasteiger partial charge in [0.2, 0.25) is 0 Å². The summed E-state index contributed by atoms with van der Waals surface area (Å²) in [5, 5.41) is 2.99. The highest BCUT2D eigenvalue weighted by Crippen LogP contribution is 2.40. The quantitative estimate of drug-likeness (QED) is 0.828. The first-order chi connectivity index (χ1) is 12.2. The Hall–Kier alpha value is -1.28. The molecule has 3 heterocycles. The Morgan fingerprint density at radius 1 is 1.32 bits per heavy atom. The van der Waals surface area contributed by atoms with Crippen LogP contribution in [0.25, 0.3) is 10.2 Å². The summed E-state index contributed by atoms with van der Waals surface area (Å²) < 4.78 is 5.46. The molecule has 0 spiro atoms. The van der Waals surface area contributed by atoms with Crippen LogP contribution in [0.1, 0.15) is 29.6 Å². The zero-order chi connectivity index (χ0) is 17.4. The number of anilines is 1. The van der Waals surface area contributed by atoms with Gasteiger partial charge in [-0.15, -0.1) is 11.3 Å². The lowest BCUT2D eigenvalue weighted by Gasteiger charge is -2.24. The SMILES string of the molecule is CON(C)c1nc(C[NH+]2CCOCC2)nc2sc3c(c12)CC[C@@H](C)C3. The molecule has 7 heteroatoms. The number of nitrogens with one attached hydrogen (secondary N) is 1. The monoisotopic (exact) mass is 363 g/mol. The topological polar surface area (TPSA) is 51.9 Å². The number of hydroxylamine groups is 1. The maximum absolute atomic E-state index is 5.49. The summed E-state index contributed by atoms with van der Waals surface area (Å²) in [4.78, 5) is 19.4. The normalized spacial score (nSPS) is 21.5. The molecule has 1 aliphatic carbocycles. The van der Waals surface area contributed by atoms with E-state index in [1.54, 1.807) is 12.2 Å². The maximum atomic E-state index is 5.49. The highest BCUT2D eigenvalue weighted by atomic mass is 32.1. The zero-order valence-electron chi connectivity index (χ0n) is 15.3. The average molecular weight is 364 g/mol. The largest absolute Gasteiger partial charge is 0.370 e. The lowest BCUT2D eigenvalue weighted by atomic mass is 9.89. The van der Waals surface area contributed by atoms with Gasteiger partial charge in [0.25, 0.3) is 0 Å². The average Bonchev–Trinajstić information content (AvgIpc) is 2.98. The highest BCUT2D eigenvalue weighted by Gasteiger charge is 2.26. The predicted molar refractivity (Wildman–Crippen MR) is 99.2 cm³/mol. The molecular formula is C18H27N4O2S+. The molecule has 0 amide bonds. The number of quaternary nitrogens is 1. The molecule has 0 bridgehead atoms. The van der Waals surface area contributed by atoms with E-state index in [2.05, 4.69) is 6.92 Å². The van der Waals surface area contributed by atoms with Crippen molar-refractivity contribution in [2.45, 2.75) is 32.7 Å². The van der Waals surface area contributed by atoms with Crippen molar-refractivity contribution in [3.8, 4) is 0 Å². The fourth-order valence-corrected chi connectivity index (χ4v) is 5.22. The van der Waals surface area contributed by atoms with Gasteiger partial charge in [-0.25, -0.2) is 15.0 Å². The van der Waals surface area contributed by atoms with Crippen LogP contribution in [-0.4, -0.2) is 50.4 Å². The Bertz CT molecular complexity index is 757. The van der Waals surface area contributed by atoms with Gasteiger partial charge in [0, 0.05) is 11.9 Å². The van der Waals surface area contributed by atoms with Crippen LogP contribution >= 0.6 is 11.3 Å². The molecule has 0 unspecified atom stereocenters. The number of morpholine rings is 1. The Labute approximate surface area is 152 Å². The fourth-order valence-electron chi connectivity index (χ4n) is 3.82. The van der Waals surface area contributed by atoms with Crippen molar-refractivity contribution in [1.29, 1.82) is 0 Å². The molecule has 4 rings (SSSR count). The minimum Gasteiger partial charge on any atom is -0.370 e. The number of hydrogen-bond acceptors (Lipinski definition) is 6. The zero-order valence-corrected chi connectivity index (χ0v) is 16.1. The second-order valence-electron chi connectivity index (χ2n) is 7.21. The van der Waals surface area contributed by atoms with E-state index in [1.807, 2.05) is 18.4 Å². The van der Waals surface area contributed by atoms with Crippen molar-refractivity contribution in [1.82, 2.24) is 9.97 Å². The summed E-state index contributed by atoms with van der Waals surface area (Å²) in [6, 6.07) is 0. The number of aryl methyl sites for hydroxylation is 1. The number of nitrogens with zero attached hydrogens (tertiary/aromatic N) is 3. The van der Waals surface area contributed by atoms with Gasteiger partial charge in [-0.2, -0.15) is 0 Å². The van der Waals surface area contributed by atoms with Gasteiger partial charge in [0.1, 0.15) is 24.5 Å². The van der Waals surface area contributed by atoms with Crippen LogP contribution in [0.15, 0.2) is 0 Å². The molecule has 0 saturated carbocycles. The fraction of sp³-hybridized carbons (Fsp3) is 0.667. The molecule has 2 aromatic rings. The second kappa shape index (κ2) is 7.15. The third-order valence-corrected chi connectivity index (χ3v) is 6.51. The minimum absolute atomic E-state index is 0.759. The molecule has 0 aromatic carbocycles. The van der Waals surface area contributed by atoms with Crippen molar-refractivity contribution in [2.24, 2.45) is 5.92 Å². The Balaban J connectivity index is 1.75. The molecule has 1 atom stereocenters. The van der Waals surface area contributed by atoms with Crippen LogP contribution in [0.5, 0.6) is 0 Å². The van der Waals surface area contributed by atoms with Gasteiger partial charge < -0.3 is 9.64 Å². The van der Waals surface area contributed by atoms with Crippen LogP contribution in [0.3, 0.4) is 0 Å². The molecule has 1 aliphatic heterocycles. The van der Waals surface area contributed by atoms with Crippen molar-refractivity contribution in [3.63, 3.8) is 0 Å². The lowest BCUT2D eigenvalue weighted by Crippen LogP contribution is -3.12. The highest BCUT2D eigenvalue weighted by molar-refractivity contribution is 7.19. The third kappa shape index (κ3) is 3.38. The number of fused-ring (bicyclic) bond motifs is 3. The van der Waals surface area contributed by atoms with Crippen LogP contribution in [-0.2, 0) is 29.0 Å². The van der Waals surface area contributed by atoms with Crippen LogP contribution in [0, 0.1) is 5.92 Å². The van der Waals surface area contributed by atoms with Crippen molar-refractivity contribution in [2.75, 3.05) is 45.5 Å². The first-order valence-electron chi connectivity index (χ1n) is 9.16. The van der Waals surface area contributed by atoms with E-state index >= 15 is 0 Å². The van der Waals surface area contributed by atoms with E-state index in [0.717, 1.165) is 68.1 Å². The Kier molecular flexibility index (Phi) is 4.90. The van der Waals surface area contributed by atoms with Crippen molar-refractivity contribution in [3.05, 3.63) is 16.3 Å². The molecule has 1 fully saturated rings. The Morgan fingerprint density at radius 3 is 2.88 bits per heavy atom. The molecule has 2 aliphatic rings. The summed E-state index contributed by atoms with van der Waals surface area (Å²) in [6.07, 6.45) is 3.53. The van der Waals surface area contributed by atoms with Crippen LogP contribution in [0.4, 0.5) is 5.82 Å². The van der Waals surface area contributed by atoms with E-state index in [-0.39, 0.29) is 0 Å².